The molecular weight excluding hydrogens is 87.0 g/mol. The van der Waals surface area contributed by atoms with Crippen molar-refractivity contribution >= 4 is 14.0 Å². The van der Waals surface area contributed by atoms with Crippen molar-refractivity contribution in [2.24, 2.45) is 5.73 Å². The van der Waals surface area contributed by atoms with Gasteiger partial charge in [0.2, 0.25) is 8.46 Å². The second-order valence-corrected chi connectivity index (χ2v) is 1.14. The lowest BCUT2D eigenvalue weighted by atomic mass is 11.4. The predicted molar refractivity (Wildman–Crippen MR) is 19.5 cm³/mol. The molecule has 0 radical (unpaired) electrons. The van der Waals surface area contributed by atoms with Gasteiger partial charge < -0.3 is 5.73 Å². The summed E-state index contributed by atoms with van der Waals surface area (Å²) in [6, 6.07) is 0. The zero-order chi connectivity index (χ0) is 4.28. The highest BCUT2D eigenvalue weighted by Crippen LogP contribution is 1.81. The Bertz CT molecular complexity index is 60.7. The fraction of sp³-hybridized carbons (Fsp3) is 0. The lowest BCUT2D eigenvalue weighted by Crippen LogP contribution is -1.97. The van der Waals surface area contributed by atoms with Crippen molar-refractivity contribution in [2.45, 2.75) is 0 Å². The summed E-state index contributed by atoms with van der Waals surface area (Å²) in [4.78, 5) is 0. The summed E-state index contributed by atoms with van der Waals surface area (Å²) in [6.45, 7) is 0. The van der Waals surface area contributed by atoms with Gasteiger partial charge in [-0.15, -0.1) is 0 Å². The molecule has 0 bridgehead atoms. The average molecular weight is 90.0 g/mol. The van der Waals surface area contributed by atoms with E-state index in [1.807, 2.05) is 0 Å². The molecule has 0 fully saturated rings. The van der Waals surface area contributed by atoms with Crippen LogP contribution in [0.2, 0.25) is 0 Å². The van der Waals surface area contributed by atoms with Crippen LogP contribution in [0.1, 0.15) is 0 Å². The van der Waals surface area contributed by atoms with Crippen LogP contribution < -0.4 is 5.73 Å². The minimum absolute atomic E-state index is 0.329. The topological polar surface area (TPSA) is 66.9 Å². The van der Waals surface area contributed by atoms with Gasteiger partial charge in [-0.25, -0.2) is 0 Å². The highest BCUT2D eigenvalue weighted by molar-refractivity contribution is 7.46. The smallest absolute Gasteiger partial charge is 0.230 e. The first-order valence-corrected chi connectivity index (χ1v) is 1.76. The van der Waals surface area contributed by atoms with Crippen LogP contribution in [0.4, 0.5) is 0 Å². The number of hydrogen-bond donors (Lipinski definition) is 2. The van der Waals surface area contributed by atoms with Gasteiger partial charge in [0, 0.05) is 0 Å². The van der Waals surface area contributed by atoms with Gasteiger partial charge in [0.25, 0.3) is 0 Å². The molecule has 0 aromatic heterocycles. The first kappa shape index (κ1) is 4.57. The zero-order valence-corrected chi connectivity index (χ0v) is 3.33. The number of nitrogens with one attached hydrogen (secondary N) is 1. The molecule has 0 aliphatic heterocycles. The SMILES string of the molecule is N=C(N)P=O. The maximum Gasteiger partial charge on any atom is 0.230 e. The maximum absolute atomic E-state index is 9.25. The molecule has 0 amide bonds. The highest BCUT2D eigenvalue weighted by atomic mass is 31.1. The molecule has 0 spiro atoms. The first-order valence-electron chi connectivity index (χ1n) is 0.945. The molecule has 28 valence electrons. The molecule has 0 aliphatic rings. The monoisotopic (exact) mass is 90.0 g/mol. The standard InChI is InChI=1S/CH3N2OP/c2-1(3)5-4/h(H3,2,3). The molecule has 0 aromatic carbocycles. The van der Waals surface area contributed by atoms with Gasteiger partial charge in [0.15, 0.2) is 5.58 Å². The molecule has 0 aliphatic carbocycles. The van der Waals surface area contributed by atoms with E-state index in [2.05, 4.69) is 5.73 Å². The molecular formula is CH3N2OP. The molecule has 0 saturated carbocycles. The van der Waals surface area contributed by atoms with Crippen LogP contribution in [0, 0.1) is 5.41 Å². The van der Waals surface area contributed by atoms with Crippen LogP contribution in [0.5, 0.6) is 0 Å². The van der Waals surface area contributed by atoms with E-state index in [1.165, 1.54) is 0 Å². The van der Waals surface area contributed by atoms with Gasteiger partial charge in [0.05, 0.1) is 0 Å². The predicted octanol–water partition coefficient (Wildman–Crippen LogP) is 0.172. The second kappa shape index (κ2) is 1.85. The molecule has 0 rings (SSSR count). The van der Waals surface area contributed by atoms with Crippen molar-refractivity contribution in [3.8, 4) is 0 Å². The quantitative estimate of drug-likeness (QED) is 0.274. The molecule has 0 aromatic rings. The molecule has 3 N–H and O–H groups in total. The van der Waals surface area contributed by atoms with Crippen LogP contribution >= 0.6 is 8.46 Å². The summed E-state index contributed by atoms with van der Waals surface area (Å²) in [5, 5.41) is 6.20. The number of amidine groups is 1. The molecule has 4 heteroatoms. The largest absolute Gasteiger partial charge is 0.378 e. The zero-order valence-electron chi connectivity index (χ0n) is 2.43. The normalized spacial score (nSPS) is 8.00. The number of rotatable bonds is 1. The van der Waals surface area contributed by atoms with Gasteiger partial charge in [-0.3, -0.25) is 9.97 Å². The van der Waals surface area contributed by atoms with Crippen molar-refractivity contribution in [3.05, 3.63) is 0 Å². The Morgan fingerprint density at radius 1 is 2.00 bits per heavy atom. The molecule has 5 heavy (non-hydrogen) atoms. The van der Waals surface area contributed by atoms with Gasteiger partial charge >= 0.3 is 0 Å². The first-order chi connectivity index (χ1) is 2.27. The van der Waals surface area contributed by atoms with E-state index in [-0.39, 0.29) is 5.58 Å². The summed E-state index contributed by atoms with van der Waals surface area (Å²) in [7, 11) is -0.392. The summed E-state index contributed by atoms with van der Waals surface area (Å²) >= 11 is 0. The molecule has 3 nitrogen and oxygen atoms in total. The van der Waals surface area contributed by atoms with Gasteiger partial charge in [-0.2, -0.15) is 0 Å². The Hall–Kier alpha value is -0.430. The summed E-state index contributed by atoms with van der Waals surface area (Å²) in [5.41, 5.74) is 4.22. The third-order valence-corrected chi connectivity index (χ3v) is 0.295. The third-order valence-electron chi connectivity index (χ3n) is 0.0983. The van der Waals surface area contributed by atoms with E-state index >= 15 is 0 Å². The summed E-state index contributed by atoms with van der Waals surface area (Å²) in [5.74, 6) is 0. The van der Waals surface area contributed by atoms with E-state index in [1.54, 1.807) is 0 Å². The van der Waals surface area contributed by atoms with Crippen molar-refractivity contribution in [3.63, 3.8) is 0 Å². The highest BCUT2D eigenvalue weighted by Gasteiger charge is 1.72. The van der Waals surface area contributed by atoms with Crippen LogP contribution in [0.25, 0.3) is 0 Å². The third kappa shape index (κ3) is 3.57. The van der Waals surface area contributed by atoms with Crippen molar-refractivity contribution < 1.29 is 4.57 Å². The Morgan fingerprint density at radius 3 is 2.20 bits per heavy atom. The van der Waals surface area contributed by atoms with E-state index in [0.29, 0.717) is 0 Å². The average Bonchev–Trinajstić information content (AvgIpc) is 1.38. The number of hydrogen-bond acceptors (Lipinski definition) is 2. The van der Waals surface area contributed by atoms with E-state index < -0.39 is 8.46 Å². The van der Waals surface area contributed by atoms with Crippen molar-refractivity contribution in [1.29, 1.82) is 5.41 Å². The van der Waals surface area contributed by atoms with E-state index in [0.717, 1.165) is 0 Å². The molecule has 0 unspecified atom stereocenters. The fourth-order valence-corrected chi connectivity index (χ4v) is 0. The lowest BCUT2D eigenvalue weighted by Gasteiger charge is -1.64. The van der Waals surface area contributed by atoms with Gasteiger partial charge in [0.1, 0.15) is 0 Å². The van der Waals surface area contributed by atoms with Gasteiger partial charge in [-0.1, -0.05) is 0 Å². The Kier molecular flexibility index (Phi) is 1.69. The van der Waals surface area contributed by atoms with Crippen LogP contribution in [0.3, 0.4) is 0 Å². The molecule has 0 saturated heterocycles. The van der Waals surface area contributed by atoms with Crippen LogP contribution in [-0.2, 0) is 4.57 Å². The lowest BCUT2D eigenvalue weighted by molar-refractivity contribution is 0.603. The van der Waals surface area contributed by atoms with E-state index in [9.17, 15) is 4.57 Å². The van der Waals surface area contributed by atoms with Crippen LogP contribution in [0.15, 0.2) is 0 Å². The summed E-state index contributed by atoms with van der Waals surface area (Å²) in [6.07, 6.45) is 0. The second-order valence-electron chi connectivity index (χ2n) is 0.477. The fourth-order valence-electron chi connectivity index (χ4n) is 0. The van der Waals surface area contributed by atoms with E-state index in [4.69, 9.17) is 5.41 Å². The maximum atomic E-state index is 9.25. The molecule has 0 heterocycles. The molecule has 0 atom stereocenters. The number of nitrogens with two attached hydrogens (primary N) is 1. The minimum atomic E-state index is -0.392. The Balaban J connectivity index is 3.20. The van der Waals surface area contributed by atoms with Crippen molar-refractivity contribution in [1.82, 2.24) is 0 Å². The summed E-state index contributed by atoms with van der Waals surface area (Å²) < 4.78 is 9.25. The van der Waals surface area contributed by atoms with Gasteiger partial charge in [-0.05, 0) is 0 Å². The van der Waals surface area contributed by atoms with Crippen molar-refractivity contribution in [2.75, 3.05) is 0 Å². The Labute approximate surface area is 30.9 Å². The van der Waals surface area contributed by atoms with Crippen LogP contribution in [-0.4, -0.2) is 5.58 Å². The minimum Gasteiger partial charge on any atom is -0.378 e. The Morgan fingerprint density at radius 2 is 2.20 bits per heavy atom.